The van der Waals surface area contributed by atoms with E-state index < -0.39 is 53.7 Å². The fourth-order valence-corrected chi connectivity index (χ4v) is 4.02. The highest BCUT2D eigenvalue weighted by Gasteiger charge is 2.44. The molecule has 0 radical (unpaired) electrons. The molecule has 0 fully saturated rings. The Bertz CT molecular complexity index is 1180. The van der Waals surface area contributed by atoms with Crippen molar-refractivity contribution in [3.05, 3.63) is 71.5 Å². The first kappa shape index (κ1) is 26.7. The minimum atomic E-state index is -5.03. The molecule has 3 nitrogen and oxygen atoms in total. The summed E-state index contributed by atoms with van der Waals surface area (Å²) in [6.45, 7) is -0.150. The first-order chi connectivity index (χ1) is 17.1. The van der Waals surface area contributed by atoms with Crippen LogP contribution in [0.15, 0.2) is 60.4 Å². The van der Waals surface area contributed by atoms with Crippen molar-refractivity contribution in [2.24, 2.45) is 5.92 Å². The van der Waals surface area contributed by atoms with E-state index in [-0.39, 0.29) is 35.2 Å². The Morgan fingerprint density at radius 3 is 2.16 bits per heavy atom. The quantitative estimate of drug-likeness (QED) is 0.391. The van der Waals surface area contributed by atoms with Gasteiger partial charge in [-0.15, -0.1) is 0 Å². The molecule has 2 atom stereocenters. The Kier molecular flexibility index (Phi) is 6.84. The highest BCUT2D eigenvalue weighted by atomic mass is 19.4. The average Bonchev–Trinajstić information content (AvgIpc) is 2.81. The van der Waals surface area contributed by atoms with Crippen molar-refractivity contribution in [1.82, 2.24) is 0 Å². The lowest BCUT2D eigenvalue weighted by Gasteiger charge is -2.34. The normalized spacial score (nSPS) is 20.1. The highest BCUT2D eigenvalue weighted by molar-refractivity contribution is 5.80. The lowest BCUT2D eigenvalue weighted by molar-refractivity contribution is -0.280. The van der Waals surface area contributed by atoms with Crippen LogP contribution in [-0.2, 0) is 17.1 Å². The second kappa shape index (κ2) is 9.49. The van der Waals surface area contributed by atoms with Gasteiger partial charge in [0.1, 0.15) is 18.1 Å². The standard InChI is InChI=1S/C24H17F10NO2/c25-21(26)24(33,34)37-16-4-1-3-12(9-16)19-11-36-20-17(5-2-6-18(20)35-19)13-7-14(22(27,28)29)10-15(8-13)23(30,31)32/h1-2,4-10,12,19,21,35H,3,11H2/t12-,19?/m0/s1. The maximum absolute atomic E-state index is 13.3. The lowest BCUT2D eigenvalue weighted by Crippen LogP contribution is -2.38. The Balaban J connectivity index is 1.63. The van der Waals surface area contributed by atoms with Gasteiger partial charge in [0.05, 0.1) is 22.9 Å². The molecule has 0 spiro atoms. The van der Waals surface area contributed by atoms with E-state index in [1.54, 1.807) is 0 Å². The fraction of sp³-hybridized carbons (Fsp3) is 0.333. The van der Waals surface area contributed by atoms with E-state index in [1.165, 1.54) is 30.4 Å². The van der Waals surface area contributed by atoms with Crippen molar-refractivity contribution in [1.29, 1.82) is 0 Å². The van der Waals surface area contributed by atoms with E-state index in [9.17, 15) is 43.9 Å². The van der Waals surface area contributed by atoms with Gasteiger partial charge in [-0.2, -0.15) is 43.9 Å². The molecule has 2 aromatic carbocycles. The molecule has 13 heteroatoms. The monoisotopic (exact) mass is 541 g/mol. The molecule has 0 saturated carbocycles. The van der Waals surface area contributed by atoms with Crippen LogP contribution in [-0.4, -0.2) is 25.2 Å². The minimum absolute atomic E-state index is 0.00207. The summed E-state index contributed by atoms with van der Waals surface area (Å²) >= 11 is 0. The summed E-state index contributed by atoms with van der Waals surface area (Å²) in [7, 11) is 0. The summed E-state index contributed by atoms with van der Waals surface area (Å²) in [6.07, 6.45) is -14.7. The van der Waals surface area contributed by atoms with E-state index in [2.05, 4.69) is 10.1 Å². The molecule has 0 bridgehead atoms. The summed E-state index contributed by atoms with van der Waals surface area (Å²) < 4.78 is 141. The van der Waals surface area contributed by atoms with Gasteiger partial charge in [0.15, 0.2) is 0 Å². The largest absolute Gasteiger partial charge is 0.489 e. The van der Waals surface area contributed by atoms with Crippen LogP contribution in [0.4, 0.5) is 49.6 Å². The third-order valence-corrected chi connectivity index (χ3v) is 5.76. The number of alkyl halides is 10. The van der Waals surface area contributed by atoms with Gasteiger partial charge in [-0.05, 0) is 48.4 Å². The van der Waals surface area contributed by atoms with E-state index in [1.807, 2.05) is 0 Å². The van der Waals surface area contributed by atoms with Gasteiger partial charge in [-0.3, -0.25) is 0 Å². The van der Waals surface area contributed by atoms with Gasteiger partial charge in [-0.25, -0.2) is 0 Å². The van der Waals surface area contributed by atoms with Crippen LogP contribution in [0.25, 0.3) is 11.1 Å². The Hall–Kier alpha value is -3.38. The molecule has 1 N–H and O–H groups in total. The number of halogens is 10. The molecule has 1 aliphatic heterocycles. The highest BCUT2D eigenvalue weighted by Crippen LogP contribution is 2.44. The van der Waals surface area contributed by atoms with Crippen molar-refractivity contribution < 1.29 is 53.4 Å². The minimum Gasteiger partial charge on any atom is -0.489 e. The molecule has 1 unspecified atom stereocenters. The third kappa shape index (κ3) is 5.80. The smallest absolute Gasteiger partial charge is 0.461 e. The van der Waals surface area contributed by atoms with Crippen LogP contribution in [0.3, 0.4) is 0 Å². The lowest BCUT2D eigenvalue weighted by atomic mass is 9.90. The topological polar surface area (TPSA) is 30.5 Å². The number of fused-ring (bicyclic) bond motifs is 1. The molecular formula is C24H17F10NO2. The van der Waals surface area contributed by atoms with Crippen LogP contribution >= 0.6 is 0 Å². The molecule has 2 aromatic rings. The molecule has 0 aromatic heterocycles. The van der Waals surface area contributed by atoms with E-state index >= 15 is 0 Å². The number of hydrogen-bond donors (Lipinski definition) is 1. The number of benzene rings is 2. The number of rotatable bonds is 5. The maximum atomic E-state index is 13.3. The van der Waals surface area contributed by atoms with Crippen LogP contribution in [0, 0.1) is 5.92 Å². The summed E-state index contributed by atoms with van der Waals surface area (Å²) in [6, 6.07) is 4.78. The average molecular weight is 541 g/mol. The predicted octanol–water partition coefficient (Wildman–Crippen LogP) is 7.90. The van der Waals surface area contributed by atoms with Crippen LogP contribution in [0.2, 0.25) is 0 Å². The molecule has 37 heavy (non-hydrogen) atoms. The van der Waals surface area contributed by atoms with Crippen molar-refractivity contribution >= 4 is 5.69 Å². The Morgan fingerprint density at radius 1 is 0.919 bits per heavy atom. The number of para-hydroxylation sites is 1. The molecule has 200 valence electrons. The SMILES string of the molecule is FC(F)C(F)(F)OC1=C[C@@H](C2COc3c(cccc3-c3cc(C(F)(F)F)cc(C(F)(F)F)c3)N2)CC=C1. The maximum Gasteiger partial charge on any atom is 0.461 e. The van der Waals surface area contributed by atoms with E-state index in [0.717, 1.165) is 6.08 Å². The molecule has 2 aliphatic rings. The summed E-state index contributed by atoms with van der Waals surface area (Å²) in [5.74, 6) is -1.04. The zero-order chi connectivity index (χ0) is 27.2. The third-order valence-electron chi connectivity index (χ3n) is 5.76. The summed E-state index contributed by atoms with van der Waals surface area (Å²) in [5, 5.41) is 3.03. The van der Waals surface area contributed by atoms with Gasteiger partial charge in [0.2, 0.25) is 0 Å². The van der Waals surface area contributed by atoms with Gasteiger partial charge < -0.3 is 14.8 Å². The Labute approximate surface area is 203 Å². The molecule has 1 heterocycles. The van der Waals surface area contributed by atoms with Crippen LogP contribution < -0.4 is 10.1 Å². The van der Waals surface area contributed by atoms with Gasteiger partial charge in [0.25, 0.3) is 0 Å². The zero-order valence-corrected chi connectivity index (χ0v) is 18.4. The van der Waals surface area contributed by atoms with Gasteiger partial charge >= 0.3 is 24.9 Å². The molecule has 1 aliphatic carbocycles. The van der Waals surface area contributed by atoms with Gasteiger partial charge in [-0.1, -0.05) is 18.2 Å². The Morgan fingerprint density at radius 2 is 1.57 bits per heavy atom. The summed E-state index contributed by atoms with van der Waals surface area (Å²) in [4.78, 5) is 0. The first-order valence-electron chi connectivity index (χ1n) is 10.7. The molecule has 0 saturated heterocycles. The second-order valence-corrected chi connectivity index (χ2v) is 8.37. The van der Waals surface area contributed by atoms with Crippen molar-refractivity contribution in [3.8, 4) is 16.9 Å². The number of allylic oxidation sites excluding steroid dienone is 2. The molecule has 4 rings (SSSR count). The van der Waals surface area contributed by atoms with Crippen molar-refractivity contribution in [2.45, 2.75) is 37.3 Å². The van der Waals surface area contributed by atoms with E-state index in [0.29, 0.717) is 18.6 Å². The van der Waals surface area contributed by atoms with Crippen molar-refractivity contribution in [3.63, 3.8) is 0 Å². The molecular weight excluding hydrogens is 524 g/mol. The zero-order valence-electron chi connectivity index (χ0n) is 18.4. The number of nitrogens with one attached hydrogen (secondary N) is 1. The van der Waals surface area contributed by atoms with E-state index in [4.69, 9.17) is 4.74 Å². The summed E-state index contributed by atoms with van der Waals surface area (Å²) in [5.41, 5.74) is -3.12. The van der Waals surface area contributed by atoms with Crippen LogP contribution in [0.5, 0.6) is 5.75 Å². The predicted molar refractivity (Wildman–Crippen MR) is 112 cm³/mol. The van der Waals surface area contributed by atoms with Gasteiger partial charge in [0, 0.05) is 11.5 Å². The number of anilines is 1. The fourth-order valence-electron chi connectivity index (χ4n) is 4.02. The van der Waals surface area contributed by atoms with Crippen molar-refractivity contribution in [2.75, 3.05) is 11.9 Å². The molecule has 0 amide bonds. The first-order valence-corrected chi connectivity index (χ1v) is 10.7. The van der Waals surface area contributed by atoms with Crippen LogP contribution in [0.1, 0.15) is 17.5 Å². The second-order valence-electron chi connectivity index (χ2n) is 8.37. The number of ether oxygens (including phenoxy) is 2. The number of hydrogen-bond acceptors (Lipinski definition) is 3.